The van der Waals surface area contributed by atoms with Gasteiger partial charge in [0.15, 0.2) is 0 Å². The van der Waals surface area contributed by atoms with Crippen molar-refractivity contribution in [1.82, 2.24) is 10.2 Å². The predicted octanol–water partition coefficient (Wildman–Crippen LogP) is 0.00250. The van der Waals surface area contributed by atoms with Crippen molar-refractivity contribution in [2.75, 3.05) is 13.1 Å². The van der Waals surface area contributed by atoms with E-state index < -0.39 is 23.5 Å². The summed E-state index contributed by atoms with van der Waals surface area (Å²) in [4.78, 5) is 35.8. The molecule has 1 aliphatic rings. The monoisotopic (exact) mass is 271 g/mol. The molecule has 0 aliphatic carbocycles. The molecular weight excluding hydrogens is 250 g/mol. The summed E-state index contributed by atoms with van der Waals surface area (Å²) >= 11 is 0. The van der Waals surface area contributed by atoms with Crippen molar-refractivity contribution < 1.29 is 19.5 Å². The van der Waals surface area contributed by atoms with Gasteiger partial charge < -0.3 is 21.1 Å². The van der Waals surface area contributed by atoms with Crippen molar-refractivity contribution in [1.29, 1.82) is 0 Å². The van der Waals surface area contributed by atoms with Crippen LogP contribution in [0.4, 0.5) is 4.79 Å². The van der Waals surface area contributed by atoms with Crippen LogP contribution in [-0.2, 0) is 9.59 Å². The van der Waals surface area contributed by atoms with Gasteiger partial charge in [0, 0.05) is 13.1 Å². The molecule has 0 aromatic rings. The van der Waals surface area contributed by atoms with Crippen molar-refractivity contribution in [2.45, 2.75) is 33.2 Å². The number of carboxylic acids is 1. The van der Waals surface area contributed by atoms with Gasteiger partial charge >= 0.3 is 12.0 Å². The molecule has 1 aliphatic heterocycles. The maximum absolute atomic E-state index is 12.3. The first kappa shape index (κ1) is 15.3. The van der Waals surface area contributed by atoms with Crippen LogP contribution >= 0.6 is 0 Å². The second kappa shape index (κ2) is 5.46. The third-order valence-electron chi connectivity index (χ3n) is 3.53. The van der Waals surface area contributed by atoms with Crippen LogP contribution in [0.1, 0.15) is 27.2 Å². The highest BCUT2D eigenvalue weighted by atomic mass is 16.4. The smallest absolute Gasteiger partial charge is 0.312 e. The van der Waals surface area contributed by atoms with Crippen LogP contribution in [0.3, 0.4) is 0 Å². The third kappa shape index (κ3) is 3.36. The molecular formula is C12H21N3O4. The lowest BCUT2D eigenvalue weighted by Crippen LogP contribution is -2.52. The number of rotatable bonds is 4. The first-order chi connectivity index (χ1) is 8.67. The fourth-order valence-corrected chi connectivity index (χ4v) is 2.19. The van der Waals surface area contributed by atoms with E-state index in [0.29, 0.717) is 13.0 Å². The zero-order chi connectivity index (χ0) is 14.8. The van der Waals surface area contributed by atoms with E-state index in [4.69, 9.17) is 10.8 Å². The number of nitrogens with one attached hydrogen (secondary N) is 1. The number of nitrogens with two attached hydrogens (primary N) is 1. The number of hydrogen-bond donors (Lipinski definition) is 3. The number of amides is 3. The Morgan fingerprint density at radius 2 is 1.95 bits per heavy atom. The number of hydrogen-bond acceptors (Lipinski definition) is 3. The van der Waals surface area contributed by atoms with Gasteiger partial charge in [0.05, 0.1) is 5.41 Å². The molecule has 0 aromatic carbocycles. The lowest BCUT2D eigenvalue weighted by Gasteiger charge is -2.27. The van der Waals surface area contributed by atoms with Crippen LogP contribution in [0.5, 0.6) is 0 Å². The Labute approximate surface area is 112 Å². The van der Waals surface area contributed by atoms with E-state index >= 15 is 0 Å². The molecule has 19 heavy (non-hydrogen) atoms. The Kier molecular flexibility index (Phi) is 4.39. The van der Waals surface area contributed by atoms with E-state index in [-0.39, 0.29) is 18.4 Å². The Bertz CT molecular complexity index is 396. The van der Waals surface area contributed by atoms with Crippen molar-refractivity contribution in [3.8, 4) is 0 Å². The highest BCUT2D eigenvalue weighted by molar-refractivity contribution is 5.88. The zero-order valence-corrected chi connectivity index (χ0v) is 11.5. The molecule has 0 radical (unpaired) electrons. The van der Waals surface area contributed by atoms with Gasteiger partial charge in [-0.25, -0.2) is 4.79 Å². The molecule has 2 atom stereocenters. The maximum atomic E-state index is 12.3. The summed E-state index contributed by atoms with van der Waals surface area (Å²) < 4.78 is 0. The lowest BCUT2D eigenvalue weighted by molar-refractivity contribution is -0.147. The molecule has 108 valence electrons. The molecule has 2 unspecified atom stereocenters. The summed E-state index contributed by atoms with van der Waals surface area (Å²) in [6.07, 6.45) is 0.412. The van der Waals surface area contributed by atoms with Crippen molar-refractivity contribution in [2.24, 2.45) is 17.1 Å². The highest BCUT2D eigenvalue weighted by Crippen LogP contribution is 2.30. The molecule has 7 heteroatoms. The second-order valence-corrected chi connectivity index (χ2v) is 5.61. The van der Waals surface area contributed by atoms with E-state index in [1.807, 2.05) is 0 Å². The van der Waals surface area contributed by atoms with Crippen molar-refractivity contribution in [3.05, 3.63) is 0 Å². The molecule has 1 saturated heterocycles. The molecule has 0 saturated carbocycles. The SMILES string of the molecule is CC(C)C(NC(N)=O)C(=O)N1CCC(C)(C(=O)O)C1. The van der Waals surface area contributed by atoms with Crippen molar-refractivity contribution in [3.63, 3.8) is 0 Å². The Morgan fingerprint density at radius 1 is 1.37 bits per heavy atom. The minimum absolute atomic E-state index is 0.114. The number of carbonyl (C=O) groups is 3. The van der Waals surface area contributed by atoms with Gasteiger partial charge in [-0.3, -0.25) is 9.59 Å². The number of aliphatic carboxylic acids is 1. The summed E-state index contributed by atoms with van der Waals surface area (Å²) in [5.41, 5.74) is 4.14. The molecule has 0 aromatic heterocycles. The maximum Gasteiger partial charge on any atom is 0.312 e. The largest absolute Gasteiger partial charge is 0.481 e. The highest BCUT2D eigenvalue weighted by Gasteiger charge is 2.43. The van der Waals surface area contributed by atoms with Crippen LogP contribution in [0, 0.1) is 11.3 Å². The summed E-state index contributed by atoms with van der Waals surface area (Å²) in [5.74, 6) is -1.30. The summed E-state index contributed by atoms with van der Waals surface area (Å²) in [6, 6.07) is -1.47. The quantitative estimate of drug-likeness (QED) is 0.668. The summed E-state index contributed by atoms with van der Waals surface area (Å²) in [5, 5.41) is 11.6. The number of carbonyl (C=O) groups excluding carboxylic acids is 2. The average Bonchev–Trinajstić information content (AvgIpc) is 2.69. The normalized spacial score (nSPS) is 24.3. The van der Waals surface area contributed by atoms with E-state index in [9.17, 15) is 14.4 Å². The number of urea groups is 1. The van der Waals surface area contributed by atoms with E-state index in [0.717, 1.165) is 0 Å². The number of primary amides is 1. The van der Waals surface area contributed by atoms with E-state index in [1.54, 1.807) is 20.8 Å². The minimum Gasteiger partial charge on any atom is -0.481 e. The second-order valence-electron chi connectivity index (χ2n) is 5.61. The fraction of sp³-hybridized carbons (Fsp3) is 0.750. The zero-order valence-electron chi connectivity index (χ0n) is 11.5. The molecule has 3 amide bonds. The van der Waals surface area contributed by atoms with Crippen LogP contribution in [0.25, 0.3) is 0 Å². The first-order valence-electron chi connectivity index (χ1n) is 6.25. The molecule has 1 heterocycles. The predicted molar refractivity (Wildman–Crippen MR) is 68.3 cm³/mol. The van der Waals surface area contributed by atoms with Gasteiger partial charge in [-0.1, -0.05) is 13.8 Å². The topological polar surface area (TPSA) is 113 Å². The molecule has 4 N–H and O–H groups in total. The van der Waals surface area contributed by atoms with Crippen LogP contribution in [-0.4, -0.2) is 47.0 Å². The summed E-state index contributed by atoms with van der Waals surface area (Å²) in [6.45, 7) is 5.75. The first-order valence-corrected chi connectivity index (χ1v) is 6.25. The van der Waals surface area contributed by atoms with Gasteiger partial charge in [0.2, 0.25) is 5.91 Å². The van der Waals surface area contributed by atoms with E-state index in [2.05, 4.69) is 5.32 Å². The van der Waals surface area contributed by atoms with Gasteiger partial charge in [-0.15, -0.1) is 0 Å². The number of nitrogens with zero attached hydrogens (tertiary/aromatic N) is 1. The Morgan fingerprint density at radius 3 is 2.32 bits per heavy atom. The Balaban J connectivity index is 2.77. The number of likely N-dealkylation sites (tertiary alicyclic amines) is 1. The molecule has 7 nitrogen and oxygen atoms in total. The molecule has 1 rings (SSSR count). The number of carboxylic acid groups (broad SMARTS) is 1. The summed E-state index contributed by atoms with van der Waals surface area (Å²) in [7, 11) is 0. The molecule has 0 spiro atoms. The third-order valence-corrected chi connectivity index (χ3v) is 3.53. The minimum atomic E-state index is -0.913. The molecule has 1 fully saturated rings. The van der Waals surface area contributed by atoms with Gasteiger partial charge in [-0.2, -0.15) is 0 Å². The molecule has 0 bridgehead atoms. The van der Waals surface area contributed by atoms with Crippen LogP contribution in [0.15, 0.2) is 0 Å². The fourth-order valence-electron chi connectivity index (χ4n) is 2.19. The van der Waals surface area contributed by atoms with Crippen LogP contribution in [0.2, 0.25) is 0 Å². The lowest BCUT2D eigenvalue weighted by atomic mass is 9.90. The van der Waals surface area contributed by atoms with Crippen LogP contribution < -0.4 is 11.1 Å². The van der Waals surface area contributed by atoms with Gasteiger partial charge in [-0.05, 0) is 19.3 Å². The van der Waals surface area contributed by atoms with Gasteiger partial charge in [0.1, 0.15) is 6.04 Å². The Hall–Kier alpha value is -1.79. The average molecular weight is 271 g/mol. The van der Waals surface area contributed by atoms with Gasteiger partial charge in [0.25, 0.3) is 0 Å². The van der Waals surface area contributed by atoms with E-state index in [1.165, 1.54) is 4.90 Å². The van der Waals surface area contributed by atoms with Crippen molar-refractivity contribution >= 4 is 17.9 Å². The standard InChI is InChI=1S/C12H21N3O4/c1-7(2)8(14-11(13)19)9(16)15-5-4-12(3,6-15)10(17)18/h7-8H,4-6H2,1-3H3,(H,17,18)(H3,13,14,19).